The van der Waals surface area contributed by atoms with Crippen molar-refractivity contribution in [3.05, 3.63) is 29.8 Å². The zero-order chi connectivity index (χ0) is 16.0. The lowest BCUT2D eigenvalue weighted by Crippen LogP contribution is -2.38. The van der Waals surface area contributed by atoms with Crippen LogP contribution in [-0.4, -0.2) is 35.1 Å². The van der Waals surface area contributed by atoms with E-state index in [9.17, 15) is 9.59 Å². The van der Waals surface area contributed by atoms with Crippen LogP contribution in [0.2, 0.25) is 0 Å². The molecule has 116 valence electrons. The van der Waals surface area contributed by atoms with Crippen molar-refractivity contribution in [2.75, 3.05) is 12.4 Å². The lowest BCUT2D eigenvalue weighted by atomic mass is 10.0. The number of urea groups is 1. The van der Waals surface area contributed by atoms with Gasteiger partial charge in [-0.2, -0.15) is 0 Å². The van der Waals surface area contributed by atoms with E-state index >= 15 is 0 Å². The molecule has 1 aromatic rings. The zero-order valence-electron chi connectivity index (χ0n) is 13.1. The molecule has 0 bridgehead atoms. The van der Waals surface area contributed by atoms with Crippen LogP contribution >= 0.6 is 0 Å². The summed E-state index contributed by atoms with van der Waals surface area (Å²) >= 11 is 0. The molecule has 1 rings (SSSR count). The second kappa shape index (κ2) is 7.67. The van der Waals surface area contributed by atoms with E-state index in [1.54, 1.807) is 36.2 Å². The molecule has 21 heavy (non-hydrogen) atoms. The summed E-state index contributed by atoms with van der Waals surface area (Å²) in [6.07, 6.45) is 0.932. The highest BCUT2D eigenvalue weighted by molar-refractivity contribution is 5.89. The van der Waals surface area contributed by atoms with Gasteiger partial charge in [-0.25, -0.2) is 4.79 Å². The minimum Gasteiger partial charge on any atom is -0.481 e. The second-order valence-corrected chi connectivity index (χ2v) is 5.79. The monoisotopic (exact) mass is 292 g/mol. The van der Waals surface area contributed by atoms with E-state index in [2.05, 4.69) is 19.2 Å². The van der Waals surface area contributed by atoms with Crippen molar-refractivity contribution in [2.45, 2.75) is 39.7 Å². The standard InChI is InChI=1S/C16H24N2O3/c1-11(2)9-12(3)18(4)16(21)17-14-7-5-13(6-8-14)10-15(19)20/h5-8,11-12H,9-10H2,1-4H3,(H,17,21)(H,19,20). The van der Waals surface area contributed by atoms with Gasteiger partial charge in [0.05, 0.1) is 6.42 Å². The van der Waals surface area contributed by atoms with Gasteiger partial charge in [0.1, 0.15) is 0 Å². The Hall–Kier alpha value is -2.04. The summed E-state index contributed by atoms with van der Waals surface area (Å²) in [6, 6.07) is 6.86. The predicted molar refractivity (Wildman–Crippen MR) is 83.5 cm³/mol. The molecule has 0 spiro atoms. The van der Waals surface area contributed by atoms with Crippen LogP contribution in [0.1, 0.15) is 32.8 Å². The van der Waals surface area contributed by atoms with Gasteiger partial charge < -0.3 is 15.3 Å². The smallest absolute Gasteiger partial charge is 0.321 e. The largest absolute Gasteiger partial charge is 0.481 e. The number of carbonyl (C=O) groups is 2. The molecule has 2 N–H and O–H groups in total. The van der Waals surface area contributed by atoms with Crippen LogP contribution in [0.4, 0.5) is 10.5 Å². The number of carbonyl (C=O) groups excluding carboxylic acids is 1. The fourth-order valence-electron chi connectivity index (χ4n) is 2.13. The van der Waals surface area contributed by atoms with E-state index in [1.165, 1.54) is 0 Å². The Balaban J connectivity index is 2.59. The lowest BCUT2D eigenvalue weighted by Gasteiger charge is -2.26. The van der Waals surface area contributed by atoms with Gasteiger partial charge in [0, 0.05) is 18.8 Å². The Morgan fingerprint density at radius 3 is 2.24 bits per heavy atom. The molecular weight excluding hydrogens is 268 g/mol. The Morgan fingerprint density at radius 2 is 1.76 bits per heavy atom. The molecule has 5 nitrogen and oxygen atoms in total. The van der Waals surface area contributed by atoms with Crippen LogP contribution in [0.25, 0.3) is 0 Å². The lowest BCUT2D eigenvalue weighted by molar-refractivity contribution is -0.136. The van der Waals surface area contributed by atoms with Crippen molar-refractivity contribution in [3.8, 4) is 0 Å². The van der Waals surface area contributed by atoms with Crippen LogP contribution in [-0.2, 0) is 11.2 Å². The third-order valence-corrected chi connectivity index (χ3v) is 3.35. The van der Waals surface area contributed by atoms with Crippen molar-refractivity contribution in [2.24, 2.45) is 5.92 Å². The molecule has 0 radical (unpaired) electrons. The number of carboxylic acid groups (broad SMARTS) is 1. The number of hydrogen-bond acceptors (Lipinski definition) is 2. The summed E-state index contributed by atoms with van der Waals surface area (Å²) in [7, 11) is 1.78. The van der Waals surface area contributed by atoms with E-state index in [-0.39, 0.29) is 18.5 Å². The Morgan fingerprint density at radius 1 is 1.19 bits per heavy atom. The van der Waals surface area contributed by atoms with Crippen LogP contribution in [0.3, 0.4) is 0 Å². The van der Waals surface area contributed by atoms with Gasteiger partial charge >= 0.3 is 12.0 Å². The molecule has 0 saturated carbocycles. The van der Waals surface area contributed by atoms with Crippen LogP contribution in [0, 0.1) is 5.92 Å². The number of hydrogen-bond donors (Lipinski definition) is 2. The molecule has 2 amide bonds. The van der Waals surface area contributed by atoms with E-state index in [0.717, 1.165) is 6.42 Å². The van der Waals surface area contributed by atoms with Crippen LogP contribution in [0.15, 0.2) is 24.3 Å². The number of carboxylic acids is 1. The third-order valence-electron chi connectivity index (χ3n) is 3.35. The first-order valence-corrected chi connectivity index (χ1v) is 7.14. The molecule has 0 fully saturated rings. The summed E-state index contributed by atoms with van der Waals surface area (Å²) < 4.78 is 0. The van der Waals surface area contributed by atoms with E-state index < -0.39 is 5.97 Å². The maximum atomic E-state index is 12.1. The quantitative estimate of drug-likeness (QED) is 0.845. The summed E-state index contributed by atoms with van der Waals surface area (Å²) in [6.45, 7) is 6.28. The highest BCUT2D eigenvalue weighted by Gasteiger charge is 2.16. The van der Waals surface area contributed by atoms with Crippen molar-refractivity contribution in [3.63, 3.8) is 0 Å². The molecule has 0 heterocycles. The van der Waals surface area contributed by atoms with E-state index in [1.807, 2.05) is 6.92 Å². The highest BCUT2D eigenvalue weighted by Crippen LogP contribution is 2.14. The van der Waals surface area contributed by atoms with Crippen LogP contribution < -0.4 is 5.32 Å². The molecular formula is C16H24N2O3. The number of amides is 2. The average molecular weight is 292 g/mol. The van der Waals surface area contributed by atoms with Crippen LogP contribution in [0.5, 0.6) is 0 Å². The molecule has 1 unspecified atom stereocenters. The van der Waals surface area contributed by atoms with Gasteiger partial charge in [-0.15, -0.1) is 0 Å². The highest BCUT2D eigenvalue weighted by atomic mass is 16.4. The molecule has 0 aliphatic rings. The Bertz CT molecular complexity index is 483. The van der Waals surface area contributed by atoms with Gasteiger partial charge in [0.25, 0.3) is 0 Å². The molecule has 0 aliphatic heterocycles. The number of nitrogens with zero attached hydrogens (tertiary/aromatic N) is 1. The molecule has 0 saturated heterocycles. The molecule has 1 atom stereocenters. The number of rotatable bonds is 6. The second-order valence-electron chi connectivity index (χ2n) is 5.79. The van der Waals surface area contributed by atoms with Gasteiger partial charge in [0.15, 0.2) is 0 Å². The van der Waals surface area contributed by atoms with Gasteiger partial charge in [-0.3, -0.25) is 4.79 Å². The first kappa shape index (κ1) is 17.0. The number of benzene rings is 1. The van der Waals surface area contributed by atoms with Gasteiger partial charge in [0.2, 0.25) is 0 Å². The molecule has 0 aliphatic carbocycles. The maximum absolute atomic E-state index is 12.1. The Labute approximate surface area is 126 Å². The summed E-state index contributed by atoms with van der Waals surface area (Å²) in [4.78, 5) is 24.4. The van der Waals surface area contributed by atoms with Crippen molar-refractivity contribution in [1.29, 1.82) is 0 Å². The molecule has 5 heteroatoms. The molecule has 1 aromatic carbocycles. The SMILES string of the molecule is CC(C)CC(C)N(C)C(=O)Nc1ccc(CC(=O)O)cc1. The summed E-state index contributed by atoms with van der Waals surface area (Å²) in [5.41, 5.74) is 1.37. The third kappa shape index (κ3) is 5.85. The summed E-state index contributed by atoms with van der Waals surface area (Å²) in [5.74, 6) is -0.334. The molecule has 0 aromatic heterocycles. The normalized spacial score (nSPS) is 12.0. The fraction of sp³-hybridized carbons (Fsp3) is 0.500. The van der Waals surface area contributed by atoms with Crippen molar-refractivity contribution >= 4 is 17.7 Å². The van der Waals surface area contributed by atoms with Gasteiger partial charge in [-0.05, 0) is 37.0 Å². The van der Waals surface area contributed by atoms with Crippen molar-refractivity contribution < 1.29 is 14.7 Å². The number of anilines is 1. The Kier molecular flexibility index (Phi) is 6.21. The van der Waals surface area contributed by atoms with Gasteiger partial charge in [-0.1, -0.05) is 26.0 Å². The number of aliphatic carboxylic acids is 1. The predicted octanol–water partition coefficient (Wildman–Crippen LogP) is 3.21. The topological polar surface area (TPSA) is 69.6 Å². The van der Waals surface area contributed by atoms with E-state index in [4.69, 9.17) is 5.11 Å². The minimum absolute atomic E-state index is 0.0143. The van der Waals surface area contributed by atoms with E-state index in [0.29, 0.717) is 17.2 Å². The fourth-order valence-corrected chi connectivity index (χ4v) is 2.13. The average Bonchev–Trinajstić information content (AvgIpc) is 2.38. The zero-order valence-corrected chi connectivity index (χ0v) is 13.1. The number of nitrogens with one attached hydrogen (secondary N) is 1. The maximum Gasteiger partial charge on any atom is 0.321 e. The van der Waals surface area contributed by atoms with Crippen molar-refractivity contribution in [1.82, 2.24) is 4.90 Å². The first-order valence-electron chi connectivity index (χ1n) is 7.14. The first-order chi connectivity index (χ1) is 9.79. The summed E-state index contributed by atoms with van der Waals surface area (Å²) in [5, 5.41) is 11.5. The minimum atomic E-state index is -0.867.